The predicted molar refractivity (Wildman–Crippen MR) is 67.4 cm³/mol. The van der Waals surface area contributed by atoms with E-state index in [4.69, 9.17) is 15.1 Å². The molecule has 1 rings (SSSR count). The van der Waals surface area contributed by atoms with Crippen LogP contribution in [0.3, 0.4) is 0 Å². The molecular formula is C13H16N2O3. The summed E-state index contributed by atoms with van der Waals surface area (Å²) in [5, 5.41) is 20.7. The molecule has 0 aliphatic rings. The molecule has 0 aromatic heterocycles. The number of benzene rings is 1. The van der Waals surface area contributed by atoms with E-state index < -0.39 is 12.1 Å². The summed E-state index contributed by atoms with van der Waals surface area (Å²) in [6.45, 7) is 2.28. The lowest BCUT2D eigenvalue weighted by molar-refractivity contribution is -0.139. The fraction of sp³-hybridized carbons (Fsp3) is 0.385. The van der Waals surface area contributed by atoms with E-state index in [0.29, 0.717) is 17.8 Å². The third-order valence-electron chi connectivity index (χ3n) is 2.55. The highest BCUT2D eigenvalue weighted by atomic mass is 16.5. The van der Waals surface area contributed by atoms with E-state index in [1.165, 1.54) is 7.11 Å². The molecule has 0 saturated carbocycles. The second-order valence-corrected chi connectivity index (χ2v) is 4.00. The van der Waals surface area contributed by atoms with Gasteiger partial charge in [0.1, 0.15) is 6.07 Å². The quantitative estimate of drug-likeness (QED) is 0.801. The first-order valence-electron chi connectivity index (χ1n) is 5.56. The van der Waals surface area contributed by atoms with Crippen molar-refractivity contribution in [1.82, 2.24) is 0 Å². The predicted octanol–water partition coefficient (Wildman–Crippen LogP) is 1.77. The van der Waals surface area contributed by atoms with Crippen LogP contribution in [-0.4, -0.2) is 30.8 Å². The Labute approximate surface area is 106 Å². The van der Waals surface area contributed by atoms with Gasteiger partial charge in [0.2, 0.25) is 0 Å². The highest BCUT2D eigenvalue weighted by Gasteiger charge is 2.12. The van der Waals surface area contributed by atoms with Gasteiger partial charge in [-0.3, -0.25) is 4.79 Å². The molecule has 18 heavy (non-hydrogen) atoms. The van der Waals surface area contributed by atoms with Gasteiger partial charge in [0.25, 0.3) is 0 Å². The largest absolute Gasteiger partial charge is 0.481 e. The standard InChI is InChI=1S/C13H16N2O3/c1-9-3-4-10(7-14)12(5-9)15-8-11(18-2)6-13(16)17/h3-5,11,15H,6,8H2,1-2H3,(H,16,17). The number of nitriles is 1. The molecule has 2 N–H and O–H groups in total. The third kappa shape index (κ3) is 4.07. The fourth-order valence-corrected chi connectivity index (χ4v) is 1.56. The number of nitrogens with zero attached hydrogens (tertiary/aromatic N) is 1. The van der Waals surface area contributed by atoms with Gasteiger partial charge < -0.3 is 15.2 Å². The normalized spacial score (nSPS) is 11.6. The zero-order chi connectivity index (χ0) is 13.5. The smallest absolute Gasteiger partial charge is 0.306 e. The van der Waals surface area contributed by atoms with Gasteiger partial charge >= 0.3 is 5.97 Å². The van der Waals surface area contributed by atoms with Crippen molar-refractivity contribution >= 4 is 11.7 Å². The SMILES string of the molecule is COC(CNc1cc(C)ccc1C#N)CC(=O)O. The van der Waals surface area contributed by atoms with E-state index in [1.54, 1.807) is 6.07 Å². The number of carbonyl (C=O) groups is 1. The number of anilines is 1. The average molecular weight is 248 g/mol. The Morgan fingerprint density at radius 3 is 2.89 bits per heavy atom. The summed E-state index contributed by atoms with van der Waals surface area (Å²) in [4.78, 5) is 10.6. The van der Waals surface area contributed by atoms with Gasteiger partial charge in [-0.2, -0.15) is 5.26 Å². The Hall–Kier alpha value is -2.06. The lowest BCUT2D eigenvalue weighted by atomic mass is 10.1. The van der Waals surface area contributed by atoms with E-state index in [2.05, 4.69) is 11.4 Å². The molecule has 1 atom stereocenters. The Morgan fingerprint density at radius 1 is 1.61 bits per heavy atom. The maximum atomic E-state index is 10.6. The molecule has 0 spiro atoms. The maximum absolute atomic E-state index is 10.6. The molecule has 0 radical (unpaired) electrons. The minimum absolute atomic E-state index is 0.0722. The maximum Gasteiger partial charge on any atom is 0.306 e. The number of hydrogen-bond acceptors (Lipinski definition) is 4. The molecule has 0 amide bonds. The van der Waals surface area contributed by atoms with Crippen LogP contribution in [0.1, 0.15) is 17.5 Å². The molecule has 5 heteroatoms. The molecule has 0 fully saturated rings. The summed E-state index contributed by atoms with van der Waals surface area (Å²) >= 11 is 0. The van der Waals surface area contributed by atoms with Crippen LogP contribution in [0.5, 0.6) is 0 Å². The number of carboxylic acids is 1. The Kier molecular flexibility index (Phi) is 5.15. The number of methoxy groups -OCH3 is 1. The molecule has 5 nitrogen and oxygen atoms in total. The lowest BCUT2D eigenvalue weighted by Gasteiger charge is -2.15. The number of rotatable bonds is 6. The number of nitrogens with one attached hydrogen (secondary N) is 1. The topological polar surface area (TPSA) is 82.3 Å². The second-order valence-electron chi connectivity index (χ2n) is 4.00. The van der Waals surface area contributed by atoms with Crippen molar-refractivity contribution in [2.75, 3.05) is 19.0 Å². The number of hydrogen-bond donors (Lipinski definition) is 2. The summed E-state index contributed by atoms with van der Waals surface area (Å²) < 4.78 is 5.06. The van der Waals surface area contributed by atoms with E-state index in [0.717, 1.165) is 5.56 Å². The van der Waals surface area contributed by atoms with Crippen molar-refractivity contribution < 1.29 is 14.6 Å². The van der Waals surface area contributed by atoms with Gasteiger partial charge in [0.05, 0.1) is 23.8 Å². The van der Waals surface area contributed by atoms with Gasteiger partial charge in [-0.25, -0.2) is 0 Å². The molecular weight excluding hydrogens is 232 g/mol. The molecule has 1 aromatic carbocycles. The van der Waals surface area contributed by atoms with Crippen molar-refractivity contribution in [2.24, 2.45) is 0 Å². The zero-order valence-electron chi connectivity index (χ0n) is 10.4. The van der Waals surface area contributed by atoms with Crippen molar-refractivity contribution in [3.05, 3.63) is 29.3 Å². The first kappa shape index (κ1) is 14.0. The second kappa shape index (κ2) is 6.62. The van der Waals surface area contributed by atoms with E-state index in [9.17, 15) is 4.79 Å². The van der Waals surface area contributed by atoms with Crippen molar-refractivity contribution in [1.29, 1.82) is 5.26 Å². The molecule has 0 aliphatic carbocycles. The number of aliphatic carboxylic acids is 1. The van der Waals surface area contributed by atoms with Gasteiger partial charge in [-0.05, 0) is 24.6 Å². The lowest BCUT2D eigenvalue weighted by Crippen LogP contribution is -2.25. The van der Waals surface area contributed by atoms with Crippen molar-refractivity contribution in [3.8, 4) is 6.07 Å². The summed E-state index contributed by atoms with van der Waals surface area (Å²) in [6.07, 6.45) is -0.494. The number of carboxylic acid groups (broad SMARTS) is 1. The first-order chi connectivity index (χ1) is 8.56. The third-order valence-corrected chi connectivity index (χ3v) is 2.55. The fourth-order valence-electron chi connectivity index (χ4n) is 1.56. The molecule has 0 saturated heterocycles. The van der Waals surface area contributed by atoms with Gasteiger partial charge in [0, 0.05) is 13.7 Å². The Morgan fingerprint density at radius 2 is 2.33 bits per heavy atom. The molecule has 0 bridgehead atoms. The zero-order valence-corrected chi connectivity index (χ0v) is 10.4. The average Bonchev–Trinajstić information content (AvgIpc) is 2.34. The Balaban J connectivity index is 2.70. The summed E-state index contributed by atoms with van der Waals surface area (Å²) in [5.74, 6) is -0.909. The monoisotopic (exact) mass is 248 g/mol. The van der Waals surface area contributed by atoms with Crippen LogP contribution in [0, 0.1) is 18.3 Å². The van der Waals surface area contributed by atoms with Crippen molar-refractivity contribution in [3.63, 3.8) is 0 Å². The number of ether oxygens (including phenoxy) is 1. The van der Waals surface area contributed by atoms with Crippen LogP contribution in [-0.2, 0) is 9.53 Å². The first-order valence-corrected chi connectivity index (χ1v) is 5.56. The van der Waals surface area contributed by atoms with E-state index in [-0.39, 0.29) is 6.42 Å². The van der Waals surface area contributed by atoms with Crippen LogP contribution < -0.4 is 5.32 Å². The van der Waals surface area contributed by atoms with Crippen LogP contribution in [0.15, 0.2) is 18.2 Å². The minimum atomic E-state index is -0.909. The molecule has 1 aromatic rings. The highest BCUT2D eigenvalue weighted by Crippen LogP contribution is 2.16. The molecule has 96 valence electrons. The van der Waals surface area contributed by atoms with Crippen LogP contribution in [0.2, 0.25) is 0 Å². The summed E-state index contributed by atoms with van der Waals surface area (Å²) in [5.41, 5.74) is 2.26. The summed E-state index contributed by atoms with van der Waals surface area (Å²) in [7, 11) is 1.47. The van der Waals surface area contributed by atoms with Crippen molar-refractivity contribution in [2.45, 2.75) is 19.4 Å². The van der Waals surface area contributed by atoms with E-state index in [1.807, 2.05) is 19.1 Å². The molecule has 1 unspecified atom stereocenters. The van der Waals surface area contributed by atoms with E-state index >= 15 is 0 Å². The Bertz CT molecular complexity index is 466. The molecule has 0 heterocycles. The van der Waals surface area contributed by atoms with Gasteiger partial charge in [-0.1, -0.05) is 6.07 Å². The molecule has 0 aliphatic heterocycles. The van der Waals surface area contributed by atoms with Gasteiger partial charge in [-0.15, -0.1) is 0 Å². The van der Waals surface area contributed by atoms with Crippen LogP contribution >= 0.6 is 0 Å². The van der Waals surface area contributed by atoms with Gasteiger partial charge in [0.15, 0.2) is 0 Å². The minimum Gasteiger partial charge on any atom is -0.481 e. The number of aryl methyl sites for hydroxylation is 1. The highest BCUT2D eigenvalue weighted by molar-refractivity contribution is 5.67. The summed E-state index contributed by atoms with van der Waals surface area (Å²) in [6, 6.07) is 7.53. The van der Waals surface area contributed by atoms with Crippen LogP contribution in [0.4, 0.5) is 5.69 Å². The van der Waals surface area contributed by atoms with Crippen LogP contribution in [0.25, 0.3) is 0 Å².